The number of ether oxygens (including phenoxy) is 1. The largest absolute Gasteiger partial charge is 0.444 e. The van der Waals surface area contributed by atoms with Crippen molar-refractivity contribution in [3.8, 4) is 0 Å². The molecule has 1 amide bonds. The number of nitrogens with zero attached hydrogens (tertiary/aromatic N) is 2. The number of amides is 1. The Balaban J connectivity index is 3.19. The summed E-state index contributed by atoms with van der Waals surface area (Å²) < 4.78 is 12.9. The first kappa shape index (κ1) is 26.4. The Morgan fingerprint density at radius 3 is 2.28 bits per heavy atom. The van der Waals surface area contributed by atoms with E-state index in [1.807, 2.05) is 20.8 Å². The van der Waals surface area contributed by atoms with E-state index in [9.17, 15) is 4.79 Å². The summed E-state index contributed by atoms with van der Waals surface area (Å²) in [6, 6.07) is -0.301. The molecule has 29 heavy (non-hydrogen) atoms. The number of hydrogen-bond acceptors (Lipinski definition) is 4. The Hall–Kier alpha value is -0.633. The van der Waals surface area contributed by atoms with Crippen molar-refractivity contribution < 1.29 is 14.0 Å². The van der Waals surface area contributed by atoms with Crippen molar-refractivity contribution in [2.24, 2.45) is 4.99 Å². The highest BCUT2D eigenvalue weighted by Gasteiger charge is 2.45. The van der Waals surface area contributed by atoms with E-state index in [4.69, 9.17) is 20.8 Å². The monoisotopic (exact) mass is 506 g/mol. The molecule has 1 unspecified atom stereocenters. The van der Waals surface area contributed by atoms with Crippen LogP contribution in [0, 0.1) is 0 Å². The predicted molar refractivity (Wildman–Crippen MR) is 129 cm³/mol. The molecule has 1 fully saturated rings. The molecule has 1 aliphatic rings. The van der Waals surface area contributed by atoms with E-state index < -0.39 is 13.9 Å². The van der Waals surface area contributed by atoms with Crippen molar-refractivity contribution in [2.45, 2.75) is 83.8 Å². The van der Waals surface area contributed by atoms with Crippen molar-refractivity contribution in [1.82, 2.24) is 4.90 Å². The fraction of sp³-hybridized carbons (Fsp3) is 0.714. The average molecular weight is 508 g/mol. The minimum Gasteiger partial charge on any atom is -0.444 e. The van der Waals surface area contributed by atoms with Crippen LogP contribution in [0.4, 0.5) is 4.79 Å². The normalized spacial score (nSPS) is 22.1. The average Bonchev–Trinajstić information content (AvgIpc) is 2.94. The van der Waals surface area contributed by atoms with Gasteiger partial charge in [-0.1, -0.05) is 39.0 Å². The highest BCUT2D eigenvalue weighted by atomic mass is 79.9. The van der Waals surface area contributed by atoms with Crippen LogP contribution in [-0.2, 0) is 9.16 Å². The van der Waals surface area contributed by atoms with Gasteiger partial charge >= 0.3 is 6.09 Å². The lowest BCUT2D eigenvalue weighted by atomic mass is 10.1. The summed E-state index contributed by atoms with van der Waals surface area (Å²) in [6.07, 6.45) is 1.77. The van der Waals surface area contributed by atoms with E-state index in [2.05, 4.69) is 61.4 Å². The number of aliphatic imine (C=N–C) groups is 1. The number of likely N-dealkylation sites (tertiary alicyclic amines) is 1. The van der Waals surface area contributed by atoms with E-state index in [0.29, 0.717) is 28.1 Å². The van der Waals surface area contributed by atoms with Gasteiger partial charge in [-0.15, -0.1) is 0 Å². The first-order valence-corrected chi connectivity index (χ1v) is 13.9. The summed E-state index contributed by atoms with van der Waals surface area (Å²) in [4.78, 5) is 18.6. The molecule has 1 saturated heterocycles. The molecular weight excluding hydrogens is 472 g/mol. The summed E-state index contributed by atoms with van der Waals surface area (Å²) in [5.74, 6) is 0. The lowest BCUT2D eigenvalue weighted by Gasteiger charge is -2.38. The van der Waals surface area contributed by atoms with Gasteiger partial charge in [-0.05, 0) is 66.8 Å². The fourth-order valence-corrected chi connectivity index (χ4v) is 4.79. The molecule has 2 atom stereocenters. The quantitative estimate of drug-likeness (QED) is 0.243. The topological polar surface area (TPSA) is 51.1 Å². The van der Waals surface area contributed by atoms with Gasteiger partial charge in [-0.2, -0.15) is 0 Å². The molecule has 0 aromatic carbocycles. The van der Waals surface area contributed by atoms with Crippen LogP contribution in [-0.4, -0.2) is 56.9 Å². The molecule has 0 radical (unpaired) electrons. The first-order chi connectivity index (χ1) is 13.0. The Morgan fingerprint density at radius 2 is 1.83 bits per heavy atom. The number of carbonyl (C=O) groups is 1. The molecule has 0 N–H and O–H groups in total. The van der Waals surface area contributed by atoms with Crippen molar-refractivity contribution in [3.63, 3.8) is 0 Å². The van der Waals surface area contributed by atoms with Crippen molar-refractivity contribution in [1.29, 1.82) is 0 Å². The maximum atomic E-state index is 12.9. The molecule has 0 saturated carbocycles. The van der Waals surface area contributed by atoms with Crippen LogP contribution in [0.3, 0.4) is 0 Å². The maximum absolute atomic E-state index is 12.9. The molecule has 0 bridgehead atoms. The van der Waals surface area contributed by atoms with Crippen LogP contribution in [0.1, 0.15) is 48.0 Å². The van der Waals surface area contributed by atoms with Gasteiger partial charge in [0.25, 0.3) is 0 Å². The molecule has 166 valence electrons. The number of rotatable bonds is 5. The maximum Gasteiger partial charge on any atom is 0.410 e. The van der Waals surface area contributed by atoms with Gasteiger partial charge in [0, 0.05) is 19.8 Å². The predicted octanol–water partition coefficient (Wildman–Crippen LogP) is 6.49. The summed E-state index contributed by atoms with van der Waals surface area (Å²) in [7, 11) is -0.325. The molecule has 8 heteroatoms. The lowest BCUT2D eigenvalue weighted by molar-refractivity contribution is 0.0233. The highest BCUT2D eigenvalue weighted by molar-refractivity contribution is 9.12. The van der Waals surface area contributed by atoms with Gasteiger partial charge in [0.2, 0.25) is 0 Å². The number of hydrogen-bond donors (Lipinski definition) is 0. The van der Waals surface area contributed by atoms with E-state index in [-0.39, 0.29) is 23.3 Å². The van der Waals surface area contributed by atoms with Gasteiger partial charge in [-0.25, -0.2) is 4.79 Å². The highest BCUT2D eigenvalue weighted by Crippen LogP contribution is 2.40. The summed E-state index contributed by atoms with van der Waals surface area (Å²) >= 11 is 9.95. The van der Waals surface area contributed by atoms with Crippen LogP contribution in [0.2, 0.25) is 18.1 Å². The van der Waals surface area contributed by atoms with Crippen LogP contribution >= 0.6 is 27.5 Å². The second kappa shape index (κ2) is 9.67. The second-order valence-corrected chi connectivity index (χ2v) is 15.9. The zero-order valence-corrected chi connectivity index (χ0v) is 22.6. The SMILES string of the molecule is C=C(/C(Cl)=C(Br)\C=N/C)[C@@H]1CC(O[Si](C)(C)C(C)(C)C)CN1C(=O)OC(C)(C)C. The van der Waals surface area contributed by atoms with Crippen LogP contribution in [0.5, 0.6) is 0 Å². The van der Waals surface area contributed by atoms with Crippen LogP contribution < -0.4 is 0 Å². The van der Waals surface area contributed by atoms with E-state index in [1.165, 1.54) is 0 Å². The molecule has 0 aromatic heterocycles. The van der Waals surface area contributed by atoms with Gasteiger partial charge in [-0.3, -0.25) is 9.89 Å². The Morgan fingerprint density at radius 1 is 1.28 bits per heavy atom. The molecule has 1 aliphatic heterocycles. The summed E-state index contributed by atoms with van der Waals surface area (Å²) in [6.45, 7) is 21.2. The zero-order valence-electron chi connectivity index (χ0n) is 19.2. The summed E-state index contributed by atoms with van der Waals surface area (Å²) in [5.41, 5.74) is 0.0572. The minimum atomic E-state index is -1.99. The second-order valence-electron chi connectivity index (χ2n) is 9.96. The molecule has 0 aliphatic carbocycles. The third kappa shape index (κ3) is 7.23. The third-order valence-electron chi connectivity index (χ3n) is 5.29. The minimum absolute atomic E-state index is 0.0804. The van der Waals surface area contributed by atoms with E-state index in [1.54, 1.807) is 18.2 Å². The van der Waals surface area contributed by atoms with Crippen molar-refractivity contribution in [3.05, 3.63) is 21.7 Å². The molecular formula is C21H36BrClN2O3Si. The van der Waals surface area contributed by atoms with Gasteiger partial charge in [0.1, 0.15) is 5.60 Å². The molecule has 1 rings (SSSR count). The van der Waals surface area contributed by atoms with Crippen molar-refractivity contribution in [2.75, 3.05) is 13.6 Å². The Bertz CT molecular complexity index is 693. The van der Waals surface area contributed by atoms with Crippen LogP contribution in [0.25, 0.3) is 0 Å². The number of allylic oxidation sites excluding steroid dienone is 1. The lowest BCUT2D eigenvalue weighted by Crippen LogP contribution is -2.45. The van der Waals surface area contributed by atoms with E-state index in [0.717, 1.165) is 0 Å². The van der Waals surface area contributed by atoms with Gasteiger partial charge < -0.3 is 9.16 Å². The van der Waals surface area contributed by atoms with Crippen molar-refractivity contribution >= 4 is 48.2 Å². The third-order valence-corrected chi connectivity index (χ3v) is 11.1. The molecule has 5 nitrogen and oxygen atoms in total. The van der Waals surface area contributed by atoms with Gasteiger partial charge in [0.05, 0.1) is 21.7 Å². The van der Waals surface area contributed by atoms with Crippen LogP contribution in [0.15, 0.2) is 26.7 Å². The molecule has 0 spiro atoms. The standard InChI is InChI=1S/C21H36BrClN2O3Si/c1-14(18(23)16(22)12-24-8)17-11-15(28-29(9,10)21(5,6)7)13-25(17)19(26)27-20(2,3)4/h12,15,17H,1,11,13H2,2-10H3/b18-16-,24-12-/t15?,17-/m0/s1. The first-order valence-electron chi connectivity index (χ1n) is 9.84. The molecule has 0 aromatic rings. The molecule has 1 heterocycles. The zero-order chi connectivity index (χ0) is 22.8. The van der Waals surface area contributed by atoms with E-state index >= 15 is 0 Å². The Kier molecular flexibility index (Phi) is 8.80. The number of halogens is 2. The smallest absolute Gasteiger partial charge is 0.410 e. The Labute approximate surface area is 190 Å². The fourth-order valence-electron chi connectivity index (χ4n) is 2.80. The van der Waals surface area contributed by atoms with Gasteiger partial charge in [0.15, 0.2) is 8.32 Å². The number of carbonyl (C=O) groups excluding carboxylic acids is 1. The summed E-state index contributed by atoms with van der Waals surface area (Å²) in [5, 5.41) is 0.527.